The Balaban J connectivity index is 1.60. The summed E-state index contributed by atoms with van der Waals surface area (Å²) >= 11 is 0. The molecule has 2 aliphatic heterocycles. The van der Waals surface area contributed by atoms with Crippen molar-refractivity contribution in [1.82, 2.24) is 9.62 Å². The third-order valence-corrected chi connectivity index (χ3v) is 7.77. The van der Waals surface area contributed by atoms with Gasteiger partial charge in [-0.1, -0.05) is 12.1 Å². The van der Waals surface area contributed by atoms with Crippen molar-refractivity contribution in [3.63, 3.8) is 0 Å². The number of ether oxygens (including phenoxy) is 2. The SMILES string of the molecule is COc1ccc(OC)c(S(=O)(=O)NCC(c2ccc3c(c2)CCN3C)N2CCCC2)c1. The average molecular weight is 446 g/mol. The van der Waals surface area contributed by atoms with Crippen LogP contribution in [-0.2, 0) is 16.4 Å². The standard InChI is InChI=1S/C23H31N3O4S/c1-25-13-10-18-14-17(6-8-20(18)25)21(26-11-4-5-12-26)16-24-31(27,28)23-15-19(29-2)7-9-22(23)30-3/h6-9,14-15,21,24H,4-5,10-13,16H2,1-3H3. The van der Waals surface area contributed by atoms with Crippen LogP contribution < -0.4 is 19.1 Å². The van der Waals surface area contributed by atoms with Gasteiger partial charge in [0.1, 0.15) is 16.4 Å². The van der Waals surface area contributed by atoms with Crippen LogP contribution in [-0.4, -0.2) is 60.8 Å². The molecule has 2 heterocycles. The van der Waals surface area contributed by atoms with E-state index in [1.165, 1.54) is 31.5 Å². The van der Waals surface area contributed by atoms with Crippen LogP contribution in [0.5, 0.6) is 11.5 Å². The Hall–Kier alpha value is -2.29. The number of likely N-dealkylation sites (N-methyl/N-ethyl adjacent to an activating group) is 1. The van der Waals surface area contributed by atoms with Gasteiger partial charge in [0.2, 0.25) is 10.0 Å². The number of benzene rings is 2. The molecule has 168 valence electrons. The molecule has 0 radical (unpaired) electrons. The predicted molar refractivity (Wildman–Crippen MR) is 122 cm³/mol. The van der Waals surface area contributed by atoms with Gasteiger partial charge in [-0.25, -0.2) is 13.1 Å². The first kappa shape index (κ1) is 21.9. The number of methoxy groups -OCH3 is 2. The molecule has 0 amide bonds. The van der Waals surface area contributed by atoms with E-state index < -0.39 is 10.0 Å². The molecule has 0 saturated carbocycles. The fraction of sp³-hybridized carbons (Fsp3) is 0.478. The lowest BCUT2D eigenvalue weighted by Gasteiger charge is -2.29. The second kappa shape index (κ2) is 9.06. The molecule has 31 heavy (non-hydrogen) atoms. The molecule has 1 atom stereocenters. The number of hydrogen-bond acceptors (Lipinski definition) is 6. The number of sulfonamides is 1. The lowest BCUT2D eigenvalue weighted by atomic mass is 10.0. The van der Waals surface area contributed by atoms with Gasteiger partial charge < -0.3 is 14.4 Å². The van der Waals surface area contributed by atoms with E-state index in [1.807, 2.05) is 0 Å². The Bertz CT molecular complexity index is 1040. The summed E-state index contributed by atoms with van der Waals surface area (Å²) in [7, 11) is 1.31. The molecule has 0 aromatic heterocycles. The maximum absolute atomic E-state index is 13.2. The van der Waals surface area contributed by atoms with Crippen LogP contribution in [0.4, 0.5) is 5.69 Å². The van der Waals surface area contributed by atoms with Crippen molar-refractivity contribution < 1.29 is 17.9 Å². The van der Waals surface area contributed by atoms with Crippen molar-refractivity contribution in [2.24, 2.45) is 0 Å². The summed E-state index contributed by atoms with van der Waals surface area (Å²) in [6.45, 7) is 3.28. The third kappa shape index (κ3) is 4.51. The molecule has 2 aliphatic rings. The summed E-state index contributed by atoms with van der Waals surface area (Å²) in [5, 5.41) is 0. The van der Waals surface area contributed by atoms with Crippen molar-refractivity contribution in [3.05, 3.63) is 47.5 Å². The average Bonchev–Trinajstić information content (AvgIpc) is 3.44. The topological polar surface area (TPSA) is 71.1 Å². The summed E-state index contributed by atoms with van der Waals surface area (Å²) in [5.41, 5.74) is 3.77. The molecule has 1 saturated heterocycles. The van der Waals surface area contributed by atoms with E-state index in [4.69, 9.17) is 9.47 Å². The van der Waals surface area contributed by atoms with Gasteiger partial charge in [0.25, 0.3) is 0 Å². The summed E-state index contributed by atoms with van der Waals surface area (Å²) in [6.07, 6.45) is 3.31. The van der Waals surface area contributed by atoms with Crippen LogP contribution >= 0.6 is 0 Å². The van der Waals surface area contributed by atoms with Crippen LogP contribution in [0, 0.1) is 0 Å². The summed E-state index contributed by atoms with van der Waals surface area (Å²) in [4.78, 5) is 4.73. The molecule has 8 heteroatoms. The van der Waals surface area contributed by atoms with E-state index in [9.17, 15) is 8.42 Å². The minimum absolute atomic E-state index is 0.00918. The normalized spacial score (nSPS) is 17.6. The van der Waals surface area contributed by atoms with E-state index in [2.05, 4.69) is 39.8 Å². The first-order valence-corrected chi connectivity index (χ1v) is 12.2. The number of hydrogen-bond donors (Lipinski definition) is 1. The summed E-state index contributed by atoms with van der Waals surface area (Å²) in [6, 6.07) is 11.4. The molecule has 2 aromatic carbocycles. The van der Waals surface area contributed by atoms with Gasteiger partial charge in [-0.2, -0.15) is 0 Å². The Morgan fingerprint density at radius 2 is 1.81 bits per heavy atom. The number of nitrogens with zero attached hydrogens (tertiary/aromatic N) is 2. The minimum atomic E-state index is -3.78. The monoisotopic (exact) mass is 445 g/mol. The molecule has 1 unspecified atom stereocenters. The molecule has 0 spiro atoms. The number of fused-ring (bicyclic) bond motifs is 1. The van der Waals surface area contributed by atoms with Crippen molar-refractivity contribution in [2.45, 2.75) is 30.2 Å². The van der Waals surface area contributed by atoms with E-state index in [0.717, 1.165) is 44.5 Å². The van der Waals surface area contributed by atoms with Crippen LogP contribution in [0.15, 0.2) is 41.3 Å². The van der Waals surface area contributed by atoms with Gasteiger partial charge in [0.15, 0.2) is 0 Å². The Kier molecular flexibility index (Phi) is 6.41. The molecule has 1 fully saturated rings. The van der Waals surface area contributed by atoms with Gasteiger partial charge in [-0.05, 0) is 61.7 Å². The van der Waals surface area contributed by atoms with Gasteiger partial charge in [0, 0.05) is 37.9 Å². The highest BCUT2D eigenvalue weighted by atomic mass is 32.2. The van der Waals surface area contributed by atoms with Crippen molar-refractivity contribution >= 4 is 15.7 Å². The van der Waals surface area contributed by atoms with Crippen molar-refractivity contribution in [3.8, 4) is 11.5 Å². The Morgan fingerprint density at radius 1 is 1.03 bits per heavy atom. The molecule has 0 aliphatic carbocycles. The maximum Gasteiger partial charge on any atom is 0.244 e. The highest BCUT2D eigenvalue weighted by molar-refractivity contribution is 7.89. The number of nitrogens with one attached hydrogen (secondary N) is 1. The van der Waals surface area contributed by atoms with Crippen molar-refractivity contribution in [2.75, 3.05) is 52.3 Å². The van der Waals surface area contributed by atoms with Gasteiger partial charge >= 0.3 is 0 Å². The second-order valence-corrected chi connectivity index (χ2v) is 9.92. The fourth-order valence-corrected chi connectivity index (χ4v) is 5.79. The van der Waals surface area contributed by atoms with Gasteiger partial charge in [-0.15, -0.1) is 0 Å². The quantitative estimate of drug-likeness (QED) is 0.674. The molecule has 0 bridgehead atoms. The van der Waals surface area contributed by atoms with E-state index in [-0.39, 0.29) is 10.9 Å². The highest BCUT2D eigenvalue weighted by Crippen LogP contribution is 2.33. The molecule has 7 nitrogen and oxygen atoms in total. The predicted octanol–water partition coefficient (Wildman–Crippen LogP) is 2.81. The van der Waals surface area contributed by atoms with Gasteiger partial charge in [0.05, 0.1) is 14.2 Å². The molecule has 2 aromatic rings. The number of anilines is 1. The smallest absolute Gasteiger partial charge is 0.244 e. The van der Waals surface area contributed by atoms with E-state index in [0.29, 0.717) is 18.0 Å². The Labute approximate surface area is 185 Å². The number of likely N-dealkylation sites (tertiary alicyclic amines) is 1. The molecule has 1 N–H and O–H groups in total. The first-order chi connectivity index (χ1) is 14.9. The van der Waals surface area contributed by atoms with Crippen LogP contribution in [0.3, 0.4) is 0 Å². The van der Waals surface area contributed by atoms with Crippen molar-refractivity contribution in [1.29, 1.82) is 0 Å². The fourth-order valence-electron chi connectivity index (χ4n) is 4.57. The minimum Gasteiger partial charge on any atom is -0.497 e. The maximum atomic E-state index is 13.2. The third-order valence-electron chi connectivity index (χ3n) is 6.32. The second-order valence-electron chi connectivity index (χ2n) is 8.19. The lowest BCUT2D eigenvalue weighted by molar-refractivity contribution is 0.246. The zero-order valence-corrected chi connectivity index (χ0v) is 19.2. The zero-order chi connectivity index (χ0) is 22.0. The van der Waals surface area contributed by atoms with E-state index in [1.54, 1.807) is 12.1 Å². The summed E-state index contributed by atoms with van der Waals surface area (Å²) in [5.74, 6) is 0.770. The lowest BCUT2D eigenvalue weighted by Crippen LogP contribution is -2.37. The van der Waals surface area contributed by atoms with Gasteiger partial charge in [-0.3, -0.25) is 4.90 Å². The molecule has 4 rings (SSSR count). The van der Waals surface area contributed by atoms with Crippen LogP contribution in [0.25, 0.3) is 0 Å². The van der Waals surface area contributed by atoms with Crippen LogP contribution in [0.2, 0.25) is 0 Å². The van der Waals surface area contributed by atoms with E-state index >= 15 is 0 Å². The molecular weight excluding hydrogens is 414 g/mol. The highest BCUT2D eigenvalue weighted by Gasteiger charge is 2.28. The number of rotatable bonds is 8. The molecular formula is C23H31N3O4S. The Morgan fingerprint density at radius 3 is 2.52 bits per heavy atom. The largest absolute Gasteiger partial charge is 0.497 e. The van der Waals surface area contributed by atoms with Crippen LogP contribution in [0.1, 0.15) is 30.0 Å². The summed E-state index contributed by atoms with van der Waals surface area (Å²) < 4.78 is 39.7. The first-order valence-electron chi connectivity index (χ1n) is 10.7. The zero-order valence-electron chi connectivity index (χ0n) is 18.4.